The van der Waals surface area contributed by atoms with Crippen LogP contribution in [-0.2, 0) is 24.7 Å². The van der Waals surface area contributed by atoms with Crippen LogP contribution in [0.15, 0.2) is 34.2 Å². The predicted molar refractivity (Wildman–Crippen MR) is 139 cm³/mol. The van der Waals surface area contributed by atoms with Crippen molar-refractivity contribution in [1.29, 1.82) is 0 Å². The fraction of sp³-hybridized carbons (Fsp3) is 0.360. The lowest BCUT2D eigenvalue weighted by atomic mass is 9.97. The van der Waals surface area contributed by atoms with Gasteiger partial charge < -0.3 is 5.32 Å². The second kappa shape index (κ2) is 9.03. The molecule has 5 rings (SSSR count). The summed E-state index contributed by atoms with van der Waals surface area (Å²) in [6.45, 7) is 5.82. The summed E-state index contributed by atoms with van der Waals surface area (Å²) in [4.78, 5) is 33.6. The highest BCUT2D eigenvalue weighted by Gasteiger charge is 2.23. The fourth-order valence-electron chi connectivity index (χ4n) is 4.46. The van der Waals surface area contributed by atoms with Gasteiger partial charge >= 0.3 is 0 Å². The van der Waals surface area contributed by atoms with E-state index >= 15 is 0 Å². The number of nitrogens with one attached hydrogen (secondary N) is 1. The summed E-state index contributed by atoms with van der Waals surface area (Å²) < 4.78 is 3.42. The average molecular weight is 494 g/mol. The Morgan fingerprint density at radius 1 is 1.15 bits per heavy atom. The molecule has 4 aromatic rings. The summed E-state index contributed by atoms with van der Waals surface area (Å²) in [7, 11) is 1.85. The number of rotatable bonds is 5. The molecule has 1 aromatic carbocycles. The van der Waals surface area contributed by atoms with Crippen molar-refractivity contribution in [2.75, 3.05) is 11.1 Å². The first-order chi connectivity index (χ1) is 16.3. The quantitative estimate of drug-likeness (QED) is 0.321. The maximum Gasteiger partial charge on any atom is 0.267 e. The van der Waals surface area contributed by atoms with Crippen LogP contribution < -0.4 is 10.9 Å². The normalized spacial score (nSPS) is 13.3. The van der Waals surface area contributed by atoms with E-state index in [0.29, 0.717) is 5.16 Å². The molecule has 7 nitrogen and oxygen atoms in total. The standard InChI is InChI=1S/C25H27N5O2S2/c1-14-9-11-17(12-10-14)30-24(32)21-18-7-5-6-8-19(18)34-23(21)27-25(30)33-13-20(31)26-22-15(2)28-29(4)16(22)3/h9-12H,5-8,13H2,1-4H3,(H,26,31). The molecule has 3 aromatic heterocycles. The summed E-state index contributed by atoms with van der Waals surface area (Å²) in [5.41, 5.74) is 5.42. The molecule has 0 spiro atoms. The van der Waals surface area contributed by atoms with E-state index in [4.69, 9.17) is 4.98 Å². The molecular weight excluding hydrogens is 466 g/mol. The van der Waals surface area contributed by atoms with Crippen LogP contribution in [0.25, 0.3) is 15.9 Å². The molecule has 34 heavy (non-hydrogen) atoms. The van der Waals surface area contributed by atoms with Gasteiger partial charge in [0.1, 0.15) is 4.83 Å². The lowest BCUT2D eigenvalue weighted by Gasteiger charge is -2.14. The molecule has 1 N–H and O–H groups in total. The number of amides is 1. The fourth-order valence-corrected chi connectivity index (χ4v) is 6.58. The Balaban J connectivity index is 1.52. The number of anilines is 1. The zero-order valence-corrected chi connectivity index (χ0v) is 21.4. The SMILES string of the molecule is Cc1ccc(-n2c(SCC(=O)Nc3c(C)nn(C)c3C)nc3sc4c(c3c2=O)CCCC4)cc1. The first kappa shape index (κ1) is 22.9. The van der Waals surface area contributed by atoms with E-state index in [2.05, 4.69) is 10.4 Å². The third-order valence-electron chi connectivity index (χ3n) is 6.36. The van der Waals surface area contributed by atoms with Crippen LogP contribution in [0.3, 0.4) is 0 Å². The molecule has 0 radical (unpaired) electrons. The number of benzene rings is 1. The van der Waals surface area contributed by atoms with Crippen molar-refractivity contribution in [2.24, 2.45) is 7.05 Å². The molecule has 0 saturated carbocycles. The number of thioether (sulfide) groups is 1. The van der Waals surface area contributed by atoms with Gasteiger partial charge in [0.05, 0.1) is 33.9 Å². The van der Waals surface area contributed by atoms with E-state index in [1.165, 1.54) is 22.2 Å². The van der Waals surface area contributed by atoms with Crippen LogP contribution >= 0.6 is 23.1 Å². The number of aromatic nitrogens is 4. The Morgan fingerprint density at radius 3 is 2.59 bits per heavy atom. The smallest absolute Gasteiger partial charge is 0.267 e. The largest absolute Gasteiger partial charge is 0.322 e. The lowest BCUT2D eigenvalue weighted by molar-refractivity contribution is -0.113. The highest BCUT2D eigenvalue weighted by Crippen LogP contribution is 2.35. The van der Waals surface area contributed by atoms with Gasteiger partial charge in [-0.25, -0.2) is 4.98 Å². The summed E-state index contributed by atoms with van der Waals surface area (Å²) in [5, 5.41) is 8.61. The molecule has 0 aliphatic heterocycles. The minimum atomic E-state index is -0.153. The molecule has 0 atom stereocenters. The summed E-state index contributed by atoms with van der Waals surface area (Å²) in [5.74, 6) is -0.0117. The summed E-state index contributed by atoms with van der Waals surface area (Å²) in [6.07, 6.45) is 4.20. The van der Waals surface area contributed by atoms with Crippen LogP contribution in [0, 0.1) is 20.8 Å². The van der Waals surface area contributed by atoms with Crippen molar-refractivity contribution in [2.45, 2.75) is 51.6 Å². The minimum absolute atomic E-state index is 0.0462. The van der Waals surface area contributed by atoms with E-state index in [1.807, 2.05) is 52.1 Å². The van der Waals surface area contributed by atoms with Gasteiger partial charge in [0.2, 0.25) is 5.91 Å². The molecule has 0 bridgehead atoms. The molecule has 1 aliphatic rings. The van der Waals surface area contributed by atoms with E-state index in [9.17, 15) is 9.59 Å². The van der Waals surface area contributed by atoms with E-state index < -0.39 is 0 Å². The van der Waals surface area contributed by atoms with Crippen molar-refractivity contribution >= 4 is 44.9 Å². The van der Waals surface area contributed by atoms with E-state index in [0.717, 1.165) is 64.2 Å². The van der Waals surface area contributed by atoms with Crippen molar-refractivity contribution in [3.8, 4) is 5.69 Å². The van der Waals surface area contributed by atoms with Crippen LogP contribution in [0.5, 0.6) is 0 Å². The molecule has 9 heteroatoms. The van der Waals surface area contributed by atoms with Crippen LogP contribution in [0.2, 0.25) is 0 Å². The van der Waals surface area contributed by atoms with Gasteiger partial charge in [0.25, 0.3) is 5.56 Å². The third kappa shape index (κ3) is 4.07. The Labute approximate surface area is 206 Å². The zero-order valence-electron chi connectivity index (χ0n) is 19.8. The Morgan fingerprint density at radius 2 is 1.88 bits per heavy atom. The lowest BCUT2D eigenvalue weighted by Crippen LogP contribution is -2.23. The van der Waals surface area contributed by atoms with Crippen molar-refractivity contribution < 1.29 is 4.79 Å². The molecule has 0 saturated heterocycles. The Hall–Kier alpha value is -2.91. The molecule has 3 heterocycles. The van der Waals surface area contributed by atoms with Gasteiger partial charge in [0.15, 0.2) is 5.16 Å². The van der Waals surface area contributed by atoms with Crippen molar-refractivity contribution in [1.82, 2.24) is 19.3 Å². The molecule has 1 amide bonds. The van der Waals surface area contributed by atoms with E-state index in [1.54, 1.807) is 20.6 Å². The van der Waals surface area contributed by atoms with Crippen LogP contribution in [0.4, 0.5) is 5.69 Å². The topological polar surface area (TPSA) is 81.8 Å². The number of hydrogen-bond donors (Lipinski definition) is 1. The number of thiophene rings is 1. The maximum atomic E-state index is 13.8. The highest BCUT2D eigenvalue weighted by molar-refractivity contribution is 7.99. The van der Waals surface area contributed by atoms with Crippen LogP contribution in [0.1, 0.15) is 40.2 Å². The number of nitrogens with zero attached hydrogens (tertiary/aromatic N) is 4. The Bertz CT molecular complexity index is 1460. The minimum Gasteiger partial charge on any atom is -0.322 e. The maximum absolute atomic E-state index is 13.8. The van der Waals surface area contributed by atoms with Gasteiger partial charge in [0, 0.05) is 11.9 Å². The van der Waals surface area contributed by atoms with Crippen molar-refractivity contribution in [3.63, 3.8) is 0 Å². The Kier molecular flexibility index (Phi) is 6.07. The first-order valence-corrected chi connectivity index (χ1v) is 13.2. The molecular formula is C25H27N5O2S2. The predicted octanol–water partition coefficient (Wildman–Crippen LogP) is 4.72. The van der Waals surface area contributed by atoms with Crippen molar-refractivity contribution in [3.05, 3.63) is 62.0 Å². The van der Waals surface area contributed by atoms with Crippen LogP contribution in [-0.4, -0.2) is 31.0 Å². The van der Waals surface area contributed by atoms with Gasteiger partial charge in [-0.15, -0.1) is 11.3 Å². The first-order valence-electron chi connectivity index (χ1n) is 11.4. The number of hydrogen-bond acceptors (Lipinski definition) is 6. The summed E-state index contributed by atoms with van der Waals surface area (Å²) in [6, 6.07) is 7.86. The summed E-state index contributed by atoms with van der Waals surface area (Å²) >= 11 is 2.91. The second-order valence-corrected chi connectivity index (χ2v) is 10.8. The van der Waals surface area contributed by atoms with E-state index in [-0.39, 0.29) is 17.2 Å². The average Bonchev–Trinajstić information content (AvgIpc) is 3.30. The second-order valence-electron chi connectivity index (χ2n) is 8.77. The van der Waals surface area contributed by atoms with Gasteiger partial charge in [-0.1, -0.05) is 29.5 Å². The number of fused-ring (bicyclic) bond motifs is 3. The number of carbonyl (C=O) groups excluding carboxylic acids is 1. The monoisotopic (exact) mass is 493 g/mol. The van der Waals surface area contributed by atoms with Gasteiger partial charge in [-0.05, 0) is 64.2 Å². The number of aryl methyl sites for hydroxylation is 5. The molecule has 176 valence electrons. The highest BCUT2D eigenvalue weighted by atomic mass is 32.2. The molecule has 1 aliphatic carbocycles. The van der Waals surface area contributed by atoms with Gasteiger partial charge in [-0.2, -0.15) is 5.10 Å². The molecule has 0 fully saturated rings. The van der Waals surface area contributed by atoms with Gasteiger partial charge in [-0.3, -0.25) is 18.8 Å². The third-order valence-corrected chi connectivity index (χ3v) is 8.48. The zero-order chi connectivity index (χ0) is 24.0. The molecule has 0 unspecified atom stereocenters. The number of carbonyl (C=O) groups is 1.